The van der Waals surface area contributed by atoms with Crippen LogP contribution in [0.15, 0.2) is 14.4 Å². The van der Waals surface area contributed by atoms with E-state index in [1.54, 1.807) is 0 Å². The van der Waals surface area contributed by atoms with E-state index in [0.29, 0.717) is 14.3 Å². The van der Waals surface area contributed by atoms with Crippen molar-refractivity contribution in [1.82, 2.24) is 28.7 Å². The fourth-order valence-corrected chi connectivity index (χ4v) is 4.26. The van der Waals surface area contributed by atoms with Crippen LogP contribution in [0.25, 0.3) is 0 Å². The minimum atomic E-state index is -0.955. The van der Waals surface area contributed by atoms with Gasteiger partial charge in [-0.1, -0.05) is 0 Å². The van der Waals surface area contributed by atoms with Gasteiger partial charge in [0.1, 0.15) is 19.8 Å². The number of esters is 3. The lowest BCUT2D eigenvalue weighted by Gasteiger charge is -2.14. The van der Waals surface area contributed by atoms with Gasteiger partial charge < -0.3 is 29.2 Å². The molecule has 0 bridgehead atoms. The minimum absolute atomic E-state index is 0.0526. The Kier molecular flexibility index (Phi) is 18.3. The maximum absolute atomic E-state index is 12.7. The van der Waals surface area contributed by atoms with Crippen molar-refractivity contribution in [2.24, 2.45) is 0 Å². The number of H-pyrrole nitrogens is 3. The van der Waals surface area contributed by atoms with E-state index in [1.807, 2.05) is 0 Å². The average molecular weight is 703 g/mol. The summed E-state index contributed by atoms with van der Waals surface area (Å²) < 4.78 is 18.4. The number of nitrogens with one attached hydrogen (secondary N) is 3. The zero-order valence-electron chi connectivity index (χ0n) is 22.1. The predicted molar refractivity (Wildman–Crippen MR) is 170 cm³/mol. The standard InChI is InChI=1S/C18H27N3O9S3.C3H3N3S3/c22-13(1-10-31)28-7-4-19-16(25)20(5-8-29-14(23)2-11-32)18(27)21(17(19)26)6-9-30-15(24)3-12-33;7-1-4-2(8)6-3(9)5-1/h31-33H,1-12H2;(H3,4,5,6,7,8,9). The molecule has 2 rings (SSSR count). The van der Waals surface area contributed by atoms with Crippen LogP contribution in [0.1, 0.15) is 19.3 Å². The summed E-state index contributed by atoms with van der Waals surface area (Å²) in [5.74, 6) is -0.853. The van der Waals surface area contributed by atoms with Gasteiger partial charge in [-0.2, -0.15) is 37.9 Å². The fourth-order valence-electron chi connectivity index (χ4n) is 2.90. The molecule has 21 heteroatoms. The third-order valence-electron chi connectivity index (χ3n) is 4.75. The summed E-state index contributed by atoms with van der Waals surface area (Å²) >= 11 is 25.9. The Morgan fingerprint density at radius 2 is 0.786 bits per heavy atom. The predicted octanol–water partition coefficient (Wildman–Crippen LogP) is 0.620. The molecule has 0 atom stereocenters. The summed E-state index contributed by atoms with van der Waals surface area (Å²) in [7, 11) is 0. The van der Waals surface area contributed by atoms with Gasteiger partial charge in [0.05, 0.1) is 38.9 Å². The molecule has 2 heterocycles. The summed E-state index contributed by atoms with van der Waals surface area (Å²) in [6.45, 7) is -1.78. The molecule has 2 aromatic heterocycles. The molecule has 0 saturated heterocycles. The van der Waals surface area contributed by atoms with Gasteiger partial charge in [0.2, 0.25) is 0 Å². The molecule has 42 heavy (non-hydrogen) atoms. The maximum Gasteiger partial charge on any atom is 0.336 e. The van der Waals surface area contributed by atoms with Gasteiger partial charge in [0.25, 0.3) is 0 Å². The third kappa shape index (κ3) is 13.7. The van der Waals surface area contributed by atoms with E-state index < -0.39 is 35.0 Å². The number of carbonyl (C=O) groups is 3. The van der Waals surface area contributed by atoms with Gasteiger partial charge in [0, 0.05) is 17.3 Å². The number of nitrogens with zero attached hydrogens (tertiary/aromatic N) is 3. The van der Waals surface area contributed by atoms with Gasteiger partial charge in [-0.15, -0.1) is 0 Å². The monoisotopic (exact) mass is 702 g/mol. The Labute approximate surface area is 270 Å². The second-order valence-corrected chi connectivity index (χ2v) is 10.3. The highest BCUT2D eigenvalue weighted by molar-refractivity contribution is 7.80. The van der Waals surface area contributed by atoms with Gasteiger partial charge in [-0.25, -0.2) is 28.1 Å². The second kappa shape index (κ2) is 20.4. The van der Waals surface area contributed by atoms with Crippen LogP contribution in [-0.4, -0.2) is 83.6 Å². The van der Waals surface area contributed by atoms with E-state index in [9.17, 15) is 28.8 Å². The van der Waals surface area contributed by atoms with Crippen molar-refractivity contribution >= 4 is 92.4 Å². The zero-order chi connectivity index (χ0) is 31.7. The molecule has 0 aliphatic rings. The molecule has 0 unspecified atom stereocenters. The molecule has 0 aliphatic heterocycles. The molecule has 0 radical (unpaired) electrons. The first-order chi connectivity index (χ1) is 19.9. The van der Waals surface area contributed by atoms with Gasteiger partial charge in [-0.05, 0) is 36.7 Å². The van der Waals surface area contributed by atoms with Crippen LogP contribution in [0.5, 0.6) is 0 Å². The SMILES string of the molecule is O=C(CCS)OCCn1c(=O)n(CCOC(=O)CCS)c(=O)n(CCOC(=O)CCS)c1=O.S=c1[nH]c(=S)[nH]c(=S)[nH]1. The Hall–Kier alpha value is -2.46. The molecule has 0 aromatic carbocycles. The number of carbonyl (C=O) groups excluding carboxylic acids is 3. The molecular formula is C21H30N6O9S6. The first-order valence-electron chi connectivity index (χ1n) is 12.1. The van der Waals surface area contributed by atoms with Crippen LogP contribution in [0.3, 0.4) is 0 Å². The molecule has 234 valence electrons. The van der Waals surface area contributed by atoms with Crippen molar-refractivity contribution in [1.29, 1.82) is 0 Å². The van der Waals surface area contributed by atoms with E-state index >= 15 is 0 Å². The lowest BCUT2D eigenvalue weighted by atomic mass is 10.5. The Balaban J connectivity index is 0.000000827. The van der Waals surface area contributed by atoms with E-state index in [4.69, 9.17) is 50.9 Å². The number of thiol groups is 3. The molecule has 15 nitrogen and oxygen atoms in total. The van der Waals surface area contributed by atoms with Crippen molar-refractivity contribution < 1.29 is 28.6 Å². The molecule has 0 aliphatic carbocycles. The summed E-state index contributed by atoms with van der Waals surface area (Å²) in [5, 5.41) is 0. The Morgan fingerprint density at radius 1 is 0.548 bits per heavy atom. The van der Waals surface area contributed by atoms with Crippen LogP contribution in [0, 0.1) is 14.3 Å². The summed E-state index contributed by atoms with van der Waals surface area (Å²) in [6, 6.07) is 0. The second-order valence-electron chi connectivity index (χ2n) is 7.75. The number of aromatic amines is 3. The number of rotatable bonds is 15. The number of ether oxygens (including phenoxy) is 3. The van der Waals surface area contributed by atoms with Crippen molar-refractivity contribution in [3.63, 3.8) is 0 Å². The molecule has 0 fully saturated rings. The normalized spacial score (nSPS) is 10.4. The zero-order valence-corrected chi connectivity index (χ0v) is 27.2. The molecular weight excluding hydrogens is 673 g/mol. The molecule has 3 N–H and O–H groups in total. The van der Waals surface area contributed by atoms with Crippen molar-refractivity contribution in [2.75, 3.05) is 37.1 Å². The average Bonchev–Trinajstić information content (AvgIpc) is 2.90. The lowest BCUT2D eigenvalue weighted by molar-refractivity contribution is -0.144. The van der Waals surface area contributed by atoms with E-state index in [1.165, 1.54) is 0 Å². The van der Waals surface area contributed by atoms with Gasteiger partial charge in [0.15, 0.2) is 14.3 Å². The van der Waals surface area contributed by atoms with Crippen LogP contribution in [0.2, 0.25) is 0 Å². The largest absolute Gasteiger partial charge is 0.464 e. The molecule has 2 aromatic rings. The number of aromatic nitrogens is 6. The highest BCUT2D eigenvalue weighted by Gasteiger charge is 2.17. The maximum atomic E-state index is 12.7. The van der Waals surface area contributed by atoms with Crippen molar-refractivity contribution in [3.05, 3.63) is 45.8 Å². The minimum Gasteiger partial charge on any atom is -0.464 e. The third-order valence-corrected chi connectivity index (χ3v) is 6.03. The first kappa shape index (κ1) is 37.6. The van der Waals surface area contributed by atoms with Gasteiger partial charge in [-0.3, -0.25) is 14.4 Å². The Morgan fingerprint density at radius 3 is 1.00 bits per heavy atom. The highest BCUT2D eigenvalue weighted by Crippen LogP contribution is 1.92. The fraction of sp³-hybridized carbons (Fsp3) is 0.571. The quantitative estimate of drug-likeness (QED) is 0.0658. The first-order valence-corrected chi connectivity index (χ1v) is 15.2. The smallest absolute Gasteiger partial charge is 0.336 e. The Bertz CT molecular complexity index is 1330. The topological polar surface area (TPSA) is 192 Å². The molecule has 0 spiro atoms. The van der Waals surface area contributed by atoms with Crippen LogP contribution in [-0.2, 0) is 48.2 Å². The summed E-state index contributed by atoms with van der Waals surface area (Å²) in [6.07, 6.45) is 0.158. The molecule has 0 saturated carbocycles. The number of hydrogen-bond donors (Lipinski definition) is 6. The lowest BCUT2D eigenvalue weighted by Crippen LogP contribution is -2.55. The number of hydrogen-bond acceptors (Lipinski definition) is 15. The van der Waals surface area contributed by atoms with E-state index in [2.05, 4.69) is 52.8 Å². The molecule has 0 amide bonds. The van der Waals surface area contributed by atoms with Crippen molar-refractivity contribution in [2.45, 2.75) is 38.9 Å². The summed E-state index contributed by atoms with van der Waals surface area (Å²) in [5.41, 5.74) is -2.86. The van der Waals surface area contributed by atoms with Crippen molar-refractivity contribution in [3.8, 4) is 0 Å². The van der Waals surface area contributed by atoms with E-state index in [0.717, 1.165) is 13.7 Å². The van der Waals surface area contributed by atoms with Crippen LogP contribution in [0.4, 0.5) is 0 Å². The van der Waals surface area contributed by atoms with Gasteiger partial charge >= 0.3 is 35.0 Å². The van der Waals surface area contributed by atoms with Crippen LogP contribution < -0.4 is 17.1 Å². The highest BCUT2D eigenvalue weighted by atomic mass is 32.1. The van der Waals surface area contributed by atoms with E-state index in [-0.39, 0.29) is 76.0 Å². The summed E-state index contributed by atoms with van der Waals surface area (Å²) in [4.78, 5) is 80.7. The van der Waals surface area contributed by atoms with Crippen LogP contribution >= 0.6 is 74.5 Å².